The number of piperidine rings is 1. The Hall–Kier alpha value is -1.89. The molecular weight excluding hydrogens is 406 g/mol. The number of hydrogen-bond acceptors (Lipinski definition) is 4. The van der Waals surface area contributed by atoms with E-state index in [0.29, 0.717) is 6.04 Å². The van der Waals surface area contributed by atoms with E-state index in [2.05, 4.69) is 37.9 Å². The van der Waals surface area contributed by atoms with Gasteiger partial charge in [0.1, 0.15) is 6.04 Å². The summed E-state index contributed by atoms with van der Waals surface area (Å²) < 4.78 is 0. The Morgan fingerprint density at radius 3 is 2.25 bits per heavy atom. The van der Waals surface area contributed by atoms with Gasteiger partial charge in [0.05, 0.1) is 6.04 Å². The summed E-state index contributed by atoms with van der Waals surface area (Å²) in [6.45, 7) is 15.0. The first-order valence-electron chi connectivity index (χ1n) is 12.2. The summed E-state index contributed by atoms with van der Waals surface area (Å²) in [4.78, 5) is 40.7. The first-order chi connectivity index (χ1) is 15.0. The molecule has 7 heteroatoms. The van der Waals surface area contributed by atoms with Crippen molar-refractivity contribution < 1.29 is 19.5 Å². The topological polar surface area (TPSA) is 90.0 Å². The van der Waals surface area contributed by atoms with E-state index in [1.807, 2.05) is 13.8 Å². The largest absolute Gasteiger partial charge is 0.478 e. The van der Waals surface area contributed by atoms with Gasteiger partial charge in [-0.2, -0.15) is 0 Å². The van der Waals surface area contributed by atoms with Crippen LogP contribution in [0.5, 0.6) is 0 Å². The van der Waals surface area contributed by atoms with Crippen LogP contribution in [0.4, 0.5) is 0 Å². The molecule has 1 fully saturated rings. The van der Waals surface area contributed by atoms with E-state index in [0.717, 1.165) is 38.6 Å². The van der Waals surface area contributed by atoms with Crippen LogP contribution in [0.25, 0.3) is 0 Å². The van der Waals surface area contributed by atoms with Crippen LogP contribution in [0.2, 0.25) is 0 Å². The van der Waals surface area contributed by atoms with Crippen molar-refractivity contribution in [2.24, 2.45) is 5.92 Å². The minimum absolute atomic E-state index is 0.0662. The third kappa shape index (κ3) is 10.2. The fraction of sp³-hybridized carbons (Fsp3) is 0.800. The molecule has 3 atom stereocenters. The van der Waals surface area contributed by atoms with Crippen LogP contribution in [-0.4, -0.2) is 71.0 Å². The predicted molar refractivity (Wildman–Crippen MR) is 130 cm³/mol. The lowest BCUT2D eigenvalue weighted by Crippen LogP contribution is -2.58. The van der Waals surface area contributed by atoms with Crippen molar-refractivity contribution in [1.29, 1.82) is 0 Å². The molecule has 2 N–H and O–H groups in total. The Balaban J connectivity index is 0.00000302. The van der Waals surface area contributed by atoms with Crippen LogP contribution in [0.3, 0.4) is 0 Å². The Kier molecular flexibility index (Phi) is 14.9. The number of carboxylic acids is 1. The number of likely N-dealkylation sites (N-methyl/N-ethyl adjacent to an activating group) is 1. The van der Waals surface area contributed by atoms with Gasteiger partial charge in [0.25, 0.3) is 0 Å². The number of hydrogen-bond donors (Lipinski definition) is 2. The van der Waals surface area contributed by atoms with Gasteiger partial charge in [-0.05, 0) is 45.6 Å². The van der Waals surface area contributed by atoms with Gasteiger partial charge in [0, 0.05) is 25.2 Å². The van der Waals surface area contributed by atoms with Gasteiger partial charge in [0.2, 0.25) is 11.8 Å². The summed E-state index contributed by atoms with van der Waals surface area (Å²) >= 11 is 0. The number of amides is 2. The molecule has 0 aliphatic carbocycles. The number of carbonyl (C=O) groups is 3. The molecule has 3 unspecified atom stereocenters. The predicted octanol–water partition coefficient (Wildman–Crippen LogP) is 4.08. The summed E-state index contributed by atoms with van der Waals surface area (Å²) in [6, 6.07) is -0.480. The molecule has 186 valence electrons. The number of carbonyl (C=O) groups excluding carboxylic acids is 2. The van der Waals surface area contributed by atoms with Crippen molar-refractivity contribution in [2.45, 2.75) is 105 Å². The number of aliphatic carboxylic acids is 1. The third-order valence-corrected chi connectivity index (χ3v) is 5.73. The van der Waals surface area contributed by atoms with Crippen molar-refractivity contribution in [3.63, 3.8) is 0 Å². The van der Waals surface area contributed by atoms with Gasteiger partial charge in [0.15, 0.2) is 0 Å². The molecule has 1 aliphatic rings. The van der Waals surface area contributed by atoms with Crippen molar-refractivity contribution in [3.8, 4) is 0 Å². The van der Waals surface area contributed by atoms with Crippen LogP contribution in [0, 0.1) is 5.92 Å². The molecule has 1 saturated heterocycles. The van der Waals surface area contributed by atoms with Crippen molar-refractivity contribution in [1.82, 2.24) is 15.1 Å². The normalized spacial score (nSPS) is 18.9. The van der Waals surface area contributed by atoms with E-state index in [4.69, 9.17) is 5.11 Å². The molecule has 1 rings (SSSR count). The number of likely N-dealkylation sites (tertiary alicyclic amines) is 1. The third-order valence-electron chi connectivity index (χ3n) is 5.73. The summed E-state index contributed by atoms with van der Waals surface area (Å²) in [7, 11) is 1.63. The van der Waals surface area contributed by atoms with Crippen LogP contribution in [-0.2, 0) is 14.4 Å². The fourth-order valence-corrected chi connectivity index (χ4v) is 3.80. The molecule has 0 aromatic carbocycles. The highest BCUT2D eigenvalue weighted by Crippen LogP contribution is 2.22. The number of nitrogens with one attached hydrogen (secondary N) is 1. The number of carboxylic acid groups (broad SMARTS) is 1. The molecule has 7 nitrogen and oxygen atoms in total. The van der Waals surface area contributed by atoms with E-state index < -0.39 is 12.0 Å². The van der Waals surface area contributed by atoms with E-state index >= 15 is 0 Å². The van der Waals surface area contributed by atoms with Crippen molar-refractivity contribution >= 4 is 17.8 Å². The van der Waals surface area contributed by atoms with Gasteiger partial charge in [-0.3, -0.25) is 14.5 Å². The first kappa shape index (κ1) is 30.1. The molecule has 0 radical (unpaired) electrons. The maximum Gasteiger partial charge on any atom is 0.331 e. The Labute approximate surface area is 195 Å². The summed E-state index contributed by atoms with van der Waals surface area (Å²) in [6.07, 6.45) is 7.82. The highest BCUT2D eigenvalue weighted by molar-refractivity contribution is 5.90. The minimum atomic E-state index is -1.00. The molecule has 0 aromatic rings. The fourth-order valence-electron chi connectivity index (χ4n) is 3.80. The average Bonchev–Trinajstić information content (AvgIpc) is 2.75. The second kappa shape index (κ2) is 15.8. The monoisotopic (exact) mass is 453 g/mol. The molecule has 0 saturated carbocycles. The summed E-state index contributed by atoms with van der Waals surface area (Å²) in [5.41, 5.74) is 0.192. The zero-order valence-corrected chi connectivity index (χ0v) is 21.6. The molecule has 1 aliphatic heterocycles. The molecule has 0 aromatic heterocycles. The average molecular weight is 454 g/mol. The molecule has 0 bridgehead atoms. The molecule has 2 amide bonds. The standard InChI is InChI=1S/C22H39N3O4.C3H8/c1-7-10-17(5)25-13-9-8-11-18(25)20(26)23-19(15(2)3)21(27)24(6)14-12-16(4)22(28)29;1-3-2/h12,15,17-19H,7-11,13-14H2,1-6H3,(H,23,26)(H,28,29);3H2,1-2H3/b16-12+;. The number of nitrogens with zero attached hydrogens (tertiary/aromatic N) is 2. The SMILES string of the molecule is CCC.CCCC(C)N1CCCCC1C(=O)NC(C(=O)N(C)C/C=C(\C)C(=O)O)C(C)C. The maximum absolute atomic E-state index is 13.1. The Bertz CT molecular complexity index is 618. The highest BCUT2D eigenvalue weighted by Gasteiger charge is 2.35. The molecular formula is C25H47N3O4. The summed E-state index contributed by atoms with van der Waals surface area (Å²) in [5.74, 6) is -1.35. The molecule has 0 spiro atoms. The van der Waals surface area contributed by atoms with Crippen LogP contribution < -0.4 is 5.32 Å². The second-order valence-corrected chi connectivity index (χ2v) is 9.24. The Morgan fingerprint density at radius 1 is 1.16 bits per heavy atom. The van der Waals surface area contributed by atoms with Crippen molar-refractivity contribution in [2.75, 3.05) is 20.1 Å². The van der Waals surface area contributed by atoms with E-state index in [9.17, 15) is 14.4 Å². The zero-order chi connectivity index (χ0) is 24.8. The maximum atomic E-state index is 13.1. The smallest absolute Gasteiger partial charge is 0.331 e. The van der Waals surface area contributed by atoms with Crippen LogP contribution in [0.15, 0.2) is 11.6 Å². The quantitative estimate of drug-likeness (QED) is 0.487. The van der Waals surface area contributed by atoms with Gasteiger partial charge in [-0.25, -0.2) is 4.79 Å². The van der Waals surface area contributed by atoms with E-state index in [1.54, 1.807) is 7.05 Å². The lowest BCUT2D eigenvalue weighted by molar-refractivity contribution is -0.138. The lowest BCUT2D eigenvalue weighted by atomic mass is 9.96. The Morgan fingerprint density at radius 2 is 1.75 bits per heavy atom. The highest BCUT2D eigenvalue weighted by atomic mass is 16.4. The van der Waals surface area contributed by atoms with Gasteiger partial charge >= 0.3 is 5.97 Å². The van der Waals surface area contributed by atoms with Crippen LogP contribution >= 0.6 is 0 Å². The zero-order valence-electron chi connectivity index (χ0n) is 21.6. The van der Waals surface area contributed by atoms with E-state index in [1.165, 1.54) is 24.3 Å². The minimum Gasteiger partial charge on any atom is -0.478 e. The first-order valence-corrected chi connectivity index (χ1v) is 12.2. The van der Waals surface area contributed by atoms with Crippen LogP contribution in [0.1, 0.15) is 87.0 Å². The molecule has 32 heavy (non-hydrogen) atoms. The number of rotatable bonds is 10. The second-order valence-electron chi connectivity index (χ2n) is 9.24. The van der Waals surface area contributed by atoms with Crippen molar-refractivity contribution in [3.05, 3.63) is 11.6 Å². The van der Waals surface area contributed by atoms with Gasteiger partial charge in [-0.15, -0.1) is 0 Å². The van der Waals surface area contributed by atoms with Gasteiger partial charge < -0.3 is 15.3 Å². The lowest BCUT2D eigenvalue weighted by Gasteiger charge is -2.40. The van der Waals surface area contributed by atoms with E-state index in [-0.39, 0.29) is 35.9 Å². The molecule has 1 heterocycles. The van der Waals surface area contributed by atoms with Gasteiger partial charge in [-0.1, -0.05) is 60.0 Å². The summed E-state index contributed by atoms with van der Waals surface area (Å²) in [5, 5.41) is 12.0.